The Morgan fingerprint density at radius 2 is 2.04 bits per heavy atom. The Morgan fingerprint density at radius 3 is 2.85 bits per heavy atom. The highest BCUT2D eigenvalue weighted by Crippen LogP contribution is 2.36. The zero-order valence-electron chi connectivity index (χ0n) is 14.1. The van der Waals surface area contributed by atoms with E-state index in [1.165, 1.54) is 11.8 Å². The zero-order valence-corrected chi connectivity index (χ0v) is 14.9. The number of para-hydroxylation sites is 1. The number of tetrazole rings is 1. The highest BCUT2D eigenvalue weighted by molar-refractivity contribution is 7.98. The molecular formula is C16H16N8OS. The van der Waals surface area contributed by atoms with Crippen molar-refractivity contribution in [1.29, 1.82) is 0 Å². The van der Waals surface area contributed by atoms with Crippen molar-refractivity contribution in [2.75, 3.05) is 0 Å². The largest absolute Gasteiger partial charge is 0.277 e. The molecule has 0 aliphatic heterocycles. The van der Waals surface area contributed by atoms with Gasteiger partial charge in [0.2, 0.25) is 10.9 Å². The first-order chi connectivity index (χ1) is 12.8. The molecule has 0 unspecified atom stereocenters. The van der Waals surface area contributed by atoms with Gasteiger partial charge in [-0.15, -0.1) is 15.3 Å². The number of aromatic nitrogens is 8. The normalized spacial score (nSPS) is 14.5. The van der Waals surface area contributed by atoms with Gasteiger partial charge in [0.05, 0.1) is 22.7 Å². The van der Waals surface area contributed by atoms with Crippen molar-refractivity contribution in [3.05, 3.63) is 40.4 Å². The summed E-state index contributed by atoms with van der Waals surface area (Å²) >= 11 is 1.54. The third-order valence-electron chi connectivity index (χ3n) is 4.58. The number of benzene rings is 1. The zero-order chi connectivity index (χ0) is 17.7. The monoisotopic (exact) mass is 368 g/mol. The van der Waals surface area contributed by atoms with Crippen LogP contribution in [0.3, 0.4) is 0 Å². The van der Waals surface area contributed by atoms with E-state index in [-0.39, 0.29) is 5.56 Å². The summed E-state index contributed by atoms with van der Waals surface area (Å²) in [6.07, 6.45) is 2.25. The average Bonchev–Trinajstić information content (AvgIpc) is 3.25. The lowest BCUT2D eigenvalue weighted by atomic mass is 10.2. The van der Waals surface area contributed by atoms with Gasteiger partial charge in [0.15, 0.2) is 0 Å². The molecule has 1 aliphatic rings. The molecule has 1 fully saturated rings. The van der Waals surface area contributed by atoms with E-state index in [9.17, 15) is 4.79 Å². The number of rotatable bonds is 5. The lowest BCUT2D eigenvalue weighted by molar-refractivity contribution is 0.565. The van der Waals surface area contributed by atoms with Gasteiger partial charge in [-0.05, 0) is 42.3 Å². The van der Waals surface area contributed by atoms with Gasteiger partial charge in [0, 0.05) is 6.54 Å². The number of fused-ring (bicyclic) bond motifs is 3. The van der Waals surface area contributed by atoms with Gasteiger partial charge < -0.3 is 0 Å². The summed E-state index contributed by atoms with van der Waals surface area (Å²) in [5.41, 5.74) is 0.777. The van der Waals surface area contributed by atoms with Gasteiger partial charge in [-0.1, -0.05) is 23.9 Å². The molecule has 26 heavy (non-hydrogen) atoms. The van der Waals surface area contributed by atoms with Crippen molar-refractivity contribution in [1.82, 2.24) is 39.4 Å². The van der Waals surface area contributed by atoms with Crippen LogP contribution in [0.2, 0.25) is 0 Å². The maximum atomic E-state index is 12.7. The number of nitrogens with zero attached hydrogens (tertiary/aromatic N) is 8. The summed E-state index contributed by atoms with van der Waals surface area (Å²) < 4.78 is 5.49. The second-order valence-corrected chi connectivity index (χ2v) is 7.19. The summed E-state index contributed by atoms with van der Waals surface area (Å²) in [6.45, 7) is 2.47. The van der Waals surface area contributed by atoms with Crippen LogP contribution in [0.25, 0.3) is 16.7 Å². The van der Waals surface area contributed by atoms with Crippen molar-refractivity contribution in [3.8, 4) is 0 Å². The minimum absolute atomic E-state index is 0.0418. The van der Waals surface area contributed by atoms with E-state index in [4.69, 9.17) is 0 Å². The van der Waals surface area contributed by atoms with Crippen molar-refractivity contribution < 1.29 is 0 Å². The quantitative estimate of drug-likeness (QED) is 0.495. The van der Waals surface area contributed by atoms with Crippen molar-refractivity contribution in [2.45, 2.75) is 43.3 Å². The number of hydrogen-bond acceptors (Lipinski definition) is 7. The predicted molar refractivity (Wildman–Crippen MR) is 96.1 cm³/mol. The Kier molecular flexibility index (Phi) is 3.52. The molecule has 1 saturated carbocycles. The molecular weight excluding hydrogens is 352 g/mol. The summed E-state index contributed by atoms with van der Waals surface area (Å²) in [5.74, 6) is 1.91. The van der Waals surface area contributed by atoms with Crippen LogP contribution in [0.4, 0.5) is 0 Å². The molecule has 0 bridgehead atoms. The second kappa shape index (κ2) is 5.90. The van der Waals surface area contributed by atoms with Crippen molar-refractivity contribution in [3.63, 3.8) is 0 Å². The maximum Gasteiger partial charge on any atom is 0.262 e. The Balaban J connectivity index is 1.61. The average molecular weight is 368 g/mol. The van der Waals surface area contributed by atoms with Crippen LogP contribution in [-0.2, 0) is 12.3 Å². The topological polar surface area (TPSA) is 95.8 Å². The van der Waals surface area contributed by atoms with Gasteiger partial charge in [-0.2, -0.15) is 0 Å². The van der Waals surface area contributed by atoms with Crippen LogP contribution in [-0.4, -0.2) is 39.4 Å². The fourth-order valence-corrected chi connectivity index (χ4v) is 4.01. The van der Waals surface area contributed by atoms with Gasteiger partial charge >= 0.3 is 0 Å². The van der Waals surface area contributed by atoms with Crippen LogP contribution in [0.1, 0.15) is 31.6 Å². The number of aryl methyl sites for hydroxylation is 1. The number of hydrogen-bond donors (Lipinski definition) is 0. The molecule has 0 spiro atoms. The standard InChI is InChI=1S/C16H16N8OS/c1-2-22-14(25)11-5-3-4-6-12(11)23-13(17-18-15(22)23)9-26-16-19-20-21-24(16)10-7-8-10/h3-6,10H,2,7-9H2,1H3. The third-order valence-corrected chi connectivity index (χ3v) is 5.51. The molecule has 0 N–H and O–H groups in total. The Hall–Kier alpha value is -2.75. The van der Waals surface area contributed by atoms with Crippen LogP contribution < -0.4 is 5.56 Å². The Morgan fingerprint density at radius 1 is 1.19 bits per heavy atom. The Bertz CT molecular complexity index is 1170. The maximum absolute atomic E-state index is 12.7. The highest BCUT2D eigenvalue weighted by atomic mass is 32.2. The molecule has 0 amide bonds. The number of thioether (sulfide) groups is 1. The fraction of sp³-hybridized carbons (Fsp3) is 0.375. The minimum Gasteiger partial charge on any atom is -0.277 e. The predicted octanol–water partition coefficient (Wildman–Crippen LogP) is 1.68. The lowest BCUT2D eigenvalue weighted by Gasteiger charge is -2.09. The summed E-state index contributed by atoms with van der Waals surface area (Å²) in [6, 6.07) is 7.98. The molecule has 10 heteroatoms. The van der Waals surface area contributed by atoms with E-state index >= 15 is 0 Å². The molecule has 1 aromatic carbocycles. The van der Waals surface area contributed by atoms with Gasteiger partial charge in [0.1, 0.15) is 5.82 Å². The van der Waals surface area contributed by atoms with E-state index in [0.717, 1.165) is 29.3 Å². The molecule has 132 valence electrons. The van der Waals surface area contributed by atoms with E-state index < -0.39 is 0 Å². The van der Waals surface area contributed by atoms with Crippen molar-refractivity contribution >= 4 is 28.4 Å². The molecule has 3 aromatic heterocycles. The Labute approximate surface area is 152 Å². The molecule has 5 rings (SSSR count). The van der Waals surface area contributed by atoms with Gasteiger partial charge in [-0.25, -0.2) is 4.68 Å². The van der Waals surface area contributed by atoms with Crippen LogP contribution in [0.15, 0.2) is 34.2 Å². The molecule has 4 aromatic rings. The van der Waals surface area contributed by atoms with Crippen LogP contribution >= 0.6 is 11.8 Å². The van der Waals surface area contributed by atoms with Crippen LogP contribution in [0, 0.1) is 0 Å². The van der Waals surface area contributed by atoms with Gasteiger partial charge in [-0.3, -0.25) is 13.8 Å². The fourth-order valence-electron chi connectivity index (χ4n) is 3.15. The van der Waals surface area contributed by atoms with Gasteiger partial charge in [0.25, 0.3) is 5.56 Å². The SMILES string of the molecule is CCn1c(=O)c2ccccc2n2c(CSc3nnnn3C3CC3)nnc12. The van der Waals surface area contributed by atoms with Crippen molar-refractivity contribution in [2.24, 2.45) is 0 Å². The summed E-state index contributed by atoms with van der Waals surface area (Å²) in [4.78, 5) is 12.7. The first-order valence-corrected chi connectivity index (χ1v) is 9.52. The molecule has 0 saturated heterocycles. The molecule has 9 nitrogen and oxygen atoms in total. The molecule has 0 atom stereocenters. The molecule has 3 heterocycles. The summed E-state index contributed by atoms with van der Waals surface area (Å²) in [5, 5.41) is 22.0. The van der Waals surface area contributed by atoms with Crippen LogP contribution in [0.5, 0.6) is 0 Å². The first kappa shape index (κ1) is 15.5. The smallest absolute Gasteiger partial charge is 0.262 e. The third kappa shape index (κ3) is 2.32. The second-order valence-electron chi connectivity index (χ2n) is 6.24. The molecule has 0 radical (unpaired) electrons. The van der Waals surface area contributed by atoms with E-state index in [2.05, 4.69) is 25.7 Å². The van der Waals surface area contributed by atoms with E-state index in [1.807, 2.05) is 40.3 Å². The van der Waals surface area contributed by atoms with E-state index in [1.54, 1.807) is 4.57 Å². The summed E-state index contributed by atoms with van der Waals surface area (Å²) in [7, 11) is 0. The molecule has 1 aliphatic carbocycles. The lowest BCUT2D eigenvalue weighted by Crippen LogP contribution is -2.22. The minimum atomic E-state index is -0.0418. The first-order valence-electron chi connectivity index (χ1n) is 8.54. The highest BCUT2D eigenvalue weighted by Gasteiger charge is 2.28. The van der Waals surface area contributed by atoms with E-state index in [0.29, 0.717) is 29.5 Å².